The van der Waals surface area contributed by atoms with E-state index in [2.05, 4.69) is 10.6 Å². The van der Waals surface area contributed by atoms with Crippen molar-refractivity contribution in [2.24, 2.45) is 0 Å². The molecule has 16 nitrogen and oxygen atoms in total. The van der Waals surface area contributed by atoms with Crippen molar-refractivity contribution in [3.8, 4) is 23.0 Å². The minimum Gasteiger partial charge on any atom is -0.508 e. The van der Waals surface area contributed by atoms with E-state index in [9.17, 15) is 55.8 Å². The minimum absolute atomic E-state index is 0.00240. The molecular weight excluding hydrogens is 878 g/mol. The summed E-state index contributed by atoms with van der Waals surface area (Å²) < 4.78 is 88.8. The molecule has 0 aliphatic carbocycles. The first-order chi connectivity index (χ1) is 31.0. The van der Waals surface area contributed by atoms with Gasteiger partial charge in [-0.2, -0.15) is 13.2 Å². The molecule has 65 heavy (non-hydrogen) atoms. The van der Waals surface area contributed by atoms with Gasteiger partial charge in [-0.1, -0.05) is 30.3 Å². The highest BCUT2D eigenvalue weighted by Crippen LogP contribution is 2.51. The zero-order valence-corrected chi connectivity index (χ0v) is 35.1. The van der Waals surface area contributed by atoms with Crippen LogP contribution in [0.1, 0.15) is 63.9 Å². The van der Waals surface area contributed by atoms with Crippen LogP contribution < -0.4 is 24.4 Å². The summed E-state index contributed by atoms with van der Waals surface area (Å²) in [7, 11) is -4.74. The van der Waals surface area contributed by atoms with Crippen LogP contribution in [-0.2, 0) is 29.1 Å². The molecule has 340 valence electrons. The predicted octanol–water partition coefficient (Wildman–Crippen LogP) is 4.70. The van der Waals surface area contributed by atoms with Crippen molar-refractivity contribution in [3.63, 3.8) is 0 Å². The number of nitrogens with zero attached hydrogens (tertiary/aromatic N) is 2. The molecule has 4 atom stereocenters. The number of nitrogens with one attached hydrogen (secondary N) is 2. The largest absolute Gasteiger partial charge is 0.508 e. The summed E-state index contributed by atoms with van der Waals surface area (Å²) in [5.41, 5.74) is 1.93. The number of piperidine rings is 1. The fourth-order valence-corrected chi connectivity index (χ4v) is 10.4. The van der Waals surface area contributed by atoms with Crippen LogP contribution in [-0.4, -0.2) is 109 Å². The summed E-state index contributed by atoms with van der Waals surface area (Å²) in [6, 6.07) is 20.5. The molecule has 0 spiro atoms. The van der Waals surface area contributed by atoms with E-state index < -0.39 is 82.4 Å². The molecule has 2 bridgehead atoms. The lowest BCUT2D eigenvalue weighted by Crippen LogP contribution is -2.54. The third-order valence-electron chi connectivity index (χ3n) is 11.4. The molecule has 4 aliphatic heterocycles. The van der Waals surface area contributed by atoms with E-state index in [1.165, 1.54) is 66.7 Å². The Morgan fingerprint density at radius 1 is 0.862 bits per heavy atom. The second-order valence-corrected chi connectivity index (χ2v) is 17.8. The number of hydrogen-bond donors (Lipinski definition) is 4. The molecule has 5 amide bonds. The third-order valence-corrected chi connectivity index (χ3v) is 13.6. The summed E-state index contributed by atoms with van der Waals surface area (Å²) in [6.45, 7) is -1.94. The Kier molecular flexibility index (Phi) is 12.3. The maximum atomic E-state index is 14.3. The third kappa shape index (κ3) is 9.21. The van der Waals surface area contributed by atoms with Crippen LogP contribution >= 0.6 is 0 Å². The number of unbranched alkanes of at least 4 members (excludes halogenated alkanes) is 1. The van der Waals surface area contributed by atoms with Gasteiger partial charge in [0.15, 0.2) is 6.61 Å². The van der Waals surface area contributed by atoms with Crippen molar-refractivity contribution in [1.29, 1.82) is 0 Å². The van der Waals surface area contributed by atoms with Crippen molar-refractivity contribution >= 4 is 56.4 Å². The molecule has 2 saturated heterocycles. The number of ether oxygens (including phenoxy) is 3. The van der Waals surface area contributed by atoms with Crippen LogP contribution in [0.4, 0.5) is 18.9 Å². The number of benzene rings is 4. The number of amides is 5. The number of carbonyl (C=O) groups is 5. The van der Waals surface area contributed by atoms with Crippen LogP contribution in [0.15, 0.2) is 91.0 Å². The molecule has 8 rings (SSSR count). The fraction of sp³-hybridized carbons (Fsp3) is 0.311. The Balaban J connectivity index is 0.850. The van der Waals surface area contributed by atoms with Crippen LogP contribution in [0.25, 0.3) is 11.1 Å². The lowest BCUT2D eigenvalue weighted by molar-refractivity contribution is -0.136. The number of carbonyl (C=O) groups excluding carboxylic acids is 5. The first-order valence-electron chi connectivity index (χ1n) is 20.5. The topological polar surface area (TPSA) is 218 Å². The molecule has 0 radical (unpaired) electrons. The van der Waals surface area contributed by atoms with Gasteiger partial charge in [-0.3, -0.25) is 38.5 Å². The van der Waals surface area contributed by atoms with Gasteiger partial charge >= 0.3 is 6.18 Å². The van der Waals surface area contributed by atoms with Crippen molar-refractivity contribution in [2.75, 3.05) is 30.6 Å². The average Bonchev–Trinajstić information content (AvgIpc) is 3.94. The van der Waals surface area contributed by atoms with E-state index in [1.54, 1.807) is 24.3 Å². The fourth-order valence-electron chi connectivity index (χ4n) is 8.45. The average molecular weight is 919 g/mol. The molecule has 4 N–H and O–H groups in total. The standard InChI is InChI=1S/C45H41F3N4O12S/c46-45(47,48)24-51(65(60,61)35-22-34-38(25-6-12-28(53)13-7-25)39(41(35)64-34)26-8-14-29(54)15-9-26)27-10-16-30(17-11-27)62-21-2-1-20-49-37(56)23-63-33-5-3-4-31-40(33)44(59)52(43(31)58)32-18-19-36(55)50-42(32)57/h3-17,32,34-35,41,53-54H,1-2,18-24H2,(H,49,56)(H,50,55,57). The molecule has 2 fully saturated rings. The lowest BCUT2D eigenvalue weighted by Gasteiger charge is -2.32. The Bertz CT molecular complexity index is 2680. The van der Waals surface area contributed by atoms with Crippen LogP contribution in [0.2, 0.25) is 0 Å². The molecule has 4 aromatic carbocycles. The van der Waals surface area contributed by atoms with E-state index in [1.807, 2.05) is 0 Å². The van der Waals surface area contributed by atoms with Gasteiger partial charge in [0, 0.05) is 13.0 Å². The van der Waals surface area contributed by atoms with Crippen molar-refractivity contribution in [1.82, 2.24) is 15.5 Å². The van der Waals surface area contributed by atoms with E-state index in [-0.39, 0.29) is 72.2 Å². The molecule has 4 aliphatic rings. The lowest BCUT2D eigenvalue weighted by atomic mass is 9.83. The molecular formula is C45H41F3N4O12S. The number of alkyl halides is 3. The van der Waals surface area contributed by atoms with E-state index in [4.69, 9.17) is 14.2 Å². The Labute approximate surface area is 369 Å². The van der Waals surface area contributed by atoms with Gasteiger partial charge in [-0.25, -0.2) is 8.42 Å². The first-order valence-corrected chi connectivity index (χ1v) is 22.0. The Morgan fingerprint density at radius 3 is 2.17 bits per heavy atom. The summed E-state index contributed by atoms with van der Waals surface area (Å²) in [6.07, 6.45) is -6.14. The summed E-state index contributed by atoms with van der Waals surface area (Å²) in [4.78, 5) is 63.7. The zero-order chi connectivity index (χ0) is 46.2. The van der Waals surface area contributed by atoms with Gasteiger partial charge in [-0.05, 0) is 109 Å². The van der Waals surface area contributed by atoms with Gasteiger partial charge < -0.3 is 29.7 Å². The quantitative estimate of drug-likeness (QED) is 0.0889. The van der Waals surface area contributed by atoms with Gasteiger partial charge in [-0.15, -0.1) is 0 Å². The second-order valence-electron chi connectivity index (χ2n) is 15.7. The first kappa shape index (κ1) is 44.7. The normalized spacial score (nSPS) is 20.5. The minimum atomic E-state index is -4.91. The molecule has 0 saturated carbocycles. The number of sulfonamides is 1. The maximum absolute atomic E-state index is 14.3. The predicted molar refractivity (Wildman–Crippen MR) is 225 cm³/mol. The van der Waals surface area contributed by atoms with Gasteiger partial charge in [0.25, 0.3) is 17.7 Å². The number of rotatable bonds is 16. The zero-order valence-electron chi connectivity index (χ0n) is 34.2. The number of fused-ring (bicyclic) bond motifs is 3. The van der Waals surface area contributed by atoms with Gasteiger partial charge in [0.05, 0.1) is 29.5 Å². The molecule has 0 aromatic heterocycles. The van der Waals surface area contributed by atoms with Gasteiger partial charge in [0.1, 0.15) is 46.9 Å². The van der Waals surface area contributed by atoms with E-state index in [0.29, 0.717) is 39.4 Å². The molecule has 4 aromatic rings. The van der Waals surface area contributed by atoms with Crippen LogP contribution in [0.5, 0.6) is 23.0 Å². The molecule has 4 heterocycles. The number of phenolic OH excluding ortho intramolecular Hbond substituents is 2. The van der Waals surface area contributed by atoms with Crippen LogP contribution in [0.3, 0.4) is 0 Å². The number of halogens is 3. The summed E-state index contributed by atoms with van der Waals surface area (Å²) in [5, 5.41) is 23.2. The maximum Gasteiger partial charge on any atom is 0.407 e. The SMILES string of the molecule is O=C(COc1cccc2c1C(=O)N(C1CCC(=O)NC1=O)C2=O)NCCCCOc1ccc(N(CC(F)(F)F)S(=O)(=O)C2CC3OC2C(c2ccc(O)cc2)=C3c2ccc(O)cc2)cc1. The number of anilines is 1. The highest BCUT2D eigenvalue weighted by molar-refractivity contribution is 7.93. The Hall–Kier alpha value is -6.93. The van der Waals surface area contributed by atoms with Crippen molar-refractivity contribution in [3.05, 3.63) is 113 Å². The Morgan fingerprint density at radius 2 is 1.52 bits per heavy atom. The van der Waals surface area contributed by atoms with E-state index in [0.717, 1.165) is 4.90 Å². The van der Waals surface area contributed by atoms with Crippen molar-refractivity contribution < 1.29 is 70.0 Å². The molecule has 4 unspecified atom stereocenters. The van der Waals surface area contributed by atoms with Crippen LogP contribution in [0, 0.1) is 0 Å². The number of phenols is 2. The summed E-state index contributed by atoms with van der Waals surface area (Å²) in [5.74, 6) is -3.08. The van der Waals surface area contributed by atoms with E-state index >= 15 is 0 Å². The number of aromatic hydroxyl groups is 2. The van der Waals surface area contributed by atoms with Gasteiger partial charge in [0.2, 0.25) is 21.8 Å². The monoisotopic (exact) mass is 918 g/mol. The summed E-state index contributed by atoms with van der Waals surface area (Å²) >= 11 is 0. The number of hydrogen-bond acceptors (Lipinski definition) is 12. The highest BCUT2D eigenvalue weighted by Gasteiger charge is 2.55. The second kappa shape index (κ2) is 17.9. The smallest absolute Gasteiger partial charge is 0.407 e. The molecule has 20 heteroatoms. The number of imide groups is 2. The highest BCUT2D eigenvalue weighted by atomic mass is 32.2. The van der Waals surface area contributed by atoms with Crippen molar-refractivity contribution in [2.45, 2.75) is 61.8 Å².